The summed E-state index contributed by atoms with van der Waals surface area (Å²) in [5, 5.41) is 6.63. The molecule has 0 heterocycles. The number of benzene rings is 2. The lowest BCUT2D eigenvalue weighted by Gasteiger charge is -2.06. The Kier molecular flexibility index (Phi) is 5.31. The number of carbonyl (C=O) groups excluding carboxylic acids is 1. The zero-order valence-corrected chi connectivity index (χ0v) is 13.1. The normalized spacial score (nSPS) is 10.7. The van der Waals surface area contributed by atoms with Crippen molar-refractivity contribution in [2.75, 3.05) is 11.9 Å². The molecule has 0 saturated carbocycles. The first-order chi connectivity index (χ1) is 10.5. The Morgan fingerprint density at radius 2 is 1.82 bits per heavy atom. The highest BCUT2D eigenvalue weighted by Gasteiger charge is 2.03. The molecule has 0 aliphatic heterocycles. The fourth-order valence-electron chi connectivity index (χ4n) is 2.17. The van der Waals surface area contributed by atoms with E-state index >= 15 is 0 Å². The molecule has 0 unspecified atom stereocenters. The molecule has 0 saturated heterocycles. The maximum atomic E-state index is 11.8. The molecule has 22 heavy (non-hydrogen) atoms. The maximum absolute atomic E-state index is 11.8. The molecule has 4 nitrogen and oxygen atoms in total. The summed E-state index contributed by atoms with van der Waals surface area (Å²) >= 11 is 0. The number of anilines is 1. The Hall–Kier alpha value is -2.62. The number of rotatable bonds is 5. The van der Waals surface area contributed by atoms with E-state index in [4.69, 9.17) is 4.84 Å². The molecule has 1 N–H and O–H groups in total. The van der Waals surface area contributed by atoms with Gasteiger partial charge >= 0.3 is 0 Å². The maximum Gasteiger partial charge on any atom is 0.265 e. The summed E-state index contributed by atoms with van der Waals surface area (Å²) in [6, 6.07) is 13.7. The average Bonchev–Trinajstić information content (AvgIpc) is 2.44. The molecule has 0 bridgehead atoms. The van der Waals surface area contributed by atoms with Crippen LogP contribution in [-0.4, -0.2) is 18.7 Å². The van der Waals surface area contributed by atoms with E-state index in [0.717, 1.165) is 27.9 Å². The van der Waals surface area contributed by atoms with E-state index < -0.39 is 0 Å². The van der Waals surface area contributed by atoms with Gasteiger partial charge in [-0.05, 0) is 55.2 Å². The van der Waals surface area contributed by atoms with Gasteiger partial charge in [0.15, 0.2) is 6.61 Å². The van der Waals surface area contributed by atoms with Gasteiger partial charge in [0, 0.05) is 5.69 Å². The number of amides is 1. The highest BCUT2D eigenvalue weighted by Crippen LogP contribution is 2.13. The summed E-state index contributed by atoms with van der Waals surface area (Å²) in [4.78, 5) is 16.8. The molecule has 0 radical (unpaired) electrons. The van der Waals surface area contributed by atoms with E-state index in [1.807, 2.05) is 57.2 Å². The van der Waals surface area contributed by atoms with Gasteiger partial charge in [-0.3, -0.25) is 4.79 Å². The van der Waals surface area contributed by atoms with Crippen LogP contribution in [0.15, 0.2) is 47.6 Å². The molecular formula is C18H20N2O2. The summed E-state index contributed by atoms with van der Waals surface area (Å²) in [6.45, 7) is 5.86. The van der Waals surface area contributed by atoms with Crippen molar-refractivity contribution in [2.24, 2.45) is 5.16 Å². The van der Waals surface area contributed by atoms with Crippen LogP contribution in [0.2, 0.25) is 0 Å². The number of aryl methyl sites for hydroxylation is 3. The van der Waals surface area contributed by atoms with Crippen molar-refractivity contribution in [3.63, 3.8) is 0 Å². The van der Waals surface area contributed by atoms with E-state index in [1.54, 1.807) is 6.21 Å². The Balaban J connectivity index is 1.84. The van der Waals surface area contributed by atoms with Crippen LogP contribution in [0.4, 0.5) is 5.69 Å². The second-order valence-electron chi connectivity index (χ2n) is 5.29. The van der Waals surface area contributed by atoms with Gasteiger partial charge in [-0.25, -0.2) is 0 Å². The summed E-state index contributed by atoms with van der Waals surface area (Å²) in [5.74, 6) is -0.230. The number of carbonyl (C=O) groups is 1. The van der Waals surface area contributed by atoms with Gasteiger partial charge in [-0.15, -0.1) is 0 Å². The first-order valence-corrected chi connectivity index (χ1v) is 7.14. The number of hydrogen-bond acceptors (Lipinski definition) is 3. The molecule has 2 aromatic carbocycles. The molecule has 0 aliphatic rings. The van der Waals surface area contributed by atoms with Crippen LogP contribution in [0, 0.1) is 20.8 Å². The van der Waals surface area contributed by atoms with Crippen molar-refractivity contribution < 1.29 is 9.63 Å². The first-order valence-electron chi connectivity index (χ1n) is 7.14. The number of nitrogens with zero attached hydrogens (tertiary/aromatic N) is 1. The lowest BCUT2D eigenvalue weighted by molar-refractivity contribution is -0.120. The van der Waals surface area contributed by atoms with Crippen molar-refractivity contribution in [3.8, 4) is 0 Å². The smallest absolute Gasteiger partial charge is 0.265 e. The van der Waals surface area contributed by atoms with Crippen LogP contribution in [0.25, 0.3) is 0 Å². The predicted octanol–water partition coefficient (Wildman–Crippen LogP) is 3.60. The molecule has 0 spiro atoms. The van der Waals surface area contributed by atoms with Gasteiger partial charge in [0.2, 0.25) is 0 Å². The molecule has 0 aliphatic carbocycles. The molecule has 114 valence electrons. The minimum atomic E-state index is -0.230. The third-order valence-corrected chi connectivity index (χ3v) is 3.16. The molecule has 2 rings (SSSR count). The fraction of sp³-hybridized carbons (Fsp3) is 0.222. The standard InChI is InChI=1S/C18H20N2O2/c1-13-8-14(2)10-17(9-13)20-18(21)12-22-19-11-16-7-5-4-6-15(16)3/h4-11H,12H2,1-3H3,(H,20,21)/b19-11-. The Morgan fingerprint density at radius 3 is 2.50 bits per heavy atom. The van der Waals surface area contributed by atoms with E-state index in [1.165, 1.54) is 0 Å². The van der Waals surface area contributed by atoms with Crippen molar-refractivity contribution in [3.05, 3.63) is 64.7 Å². The molecule has 1 amide bonds. The van der Waals surface area contributed by atoms with Gasteiger partial charge in [-0.2, -0.15) is 0 Å². The van der Waals surface area contributed by atoms with Crippen molar-refractivity contribution in [2.45, 2.75) is 20.8 Å². The van der Waals surface area contributed by atoms with Crippen molar-refractivity contribution >= 4 is 17.8 Å². The quantitative estimate of drug-likeness (QED) is 0.677. The largest absolute Gasteiger partial charge is 0.386 e. The SMILES string of the molecule is Cc1cc(C)cc(NC(=O)CO/N=C\c2ccccc2C)c1. The topological polar surface area (TPSA) is 50.7 Å². The third kappa shape index (κ3) is 4.74. The summed E-state index contributed by atoms with van der Waals surface area (Å²) in [6.07, 6.45) is 1.61. The zero-order chi connectivity index (χ0) is 15.9. The van der Waals surface area contributed by atoms with E-state index in [2.05, 4.69) is 16.5 Å². The second kappa shape index (κ2) is 7.41. The molecular weight excluding hydrogens is 276 g/mol. The van der Waals surface area contributed by atoms with Gasteiger partial charge in [0.05, 0.1) is 6.21 Å². The molecule has 4 heteroatoms. The minimum absolute atomic E-state index is 0.116. The summed E-state index contributed by atoms with van der Waals surface area (Å²) in [7, 11) is 0. The predicted molar refractivity (Wildman–Crippen MR) is 89.3 cm³/mol. The molecule has 0 atom stereocenters. The van der Waals surface area contributed by atoms with Crippen molar-refractivity contribution in [1.29, 1.82) is 0 Å². The van der Waals surface area contributed by atoms with Crippen LogP contribution in [-0.2, 0) is 9.63 Å². The van der Waals surface area contributed by atoms with Crippen LogP contribution in [0.1, 0.15) is 22.3 Å². The van der Waals surface area contributed by atoms with Gasteiger partial charge in [-0.1, -0.05) is 35.5 Å². The van der Waals surface area contributed by atoms with Crippen LogP contribution in [0.3, 0.4) is 0 Å². The number of nitrogens with one attached hydrogen (secondary N) is 1. The number of hydrogen-bond donors (Lipinski definition) is 1. The highest BCUT2D eigenvalue weighted by molar-refractivity contribution is 5.92. The number of oxime groups is 1. The molecule has 0 aromatic heterocycles. The summed E-state index contributed by atoms with van der Waals surface area (Å²) in [5.41, 5.74) is 5.06. The first kappa shape index (κ1) is 15.8. The zero-order valence-electron chi connectivity index (χ0n) is 13.1. The lowest BCUT2D eigenvalue weighted by Crippen LogP contribution is -2.17. The average molecular weight is 296 g/mol. The van der Waals surface area contributed by atoms with E-state index in [9.17, 15) is 4.79 Å². The second-order valence-corrected chi connectivity index (χ2v) is 5.29. The molecule has 0 fully saturated rings. The van der Waals surface area contributed by atoms with E-state index in [0.29, 0.717) is 0 Å². The monoisotopic (exact) mass is 296 g/mol. The third-order valence-electron chi connectivity index (χ3n) is 3.16. The van der Waals surface area contributed by atoms with Crippen LogP contribution in [0.5, 0.6) is 0 Å². The van der Waals surface area contributed by atoms with Crippen LogP contribution < -0.4 is 5.32 Å². The minimum Gasteiger partial charge on any atom is -0.386 e. The fourth-order valence-corrected chi connectivity index (χ4v) is 2.17. The van der Waals surface area contributed by atoms with Crippen LogP contribution >= 0.6 is 0 Å². The Labute approximate surface area is 130 Å². The van der Waals surface area contributed by atoms with Gasteiger partial charge < -0.3 is 10.2 Å². The van der Waals surface area contributed by atoms with Gasteiger partial charge in [0.1, 0.15) is 0 Å². The Bertz CT molecular complexity index is 673. The summed E-state index contributed by atoms with van der Waals surface area (Å²) < 4.78 is 0. The lowest BCUT2D eigenvalue weighted by atomic mass is 10.1. The Morgan fingerprint density at radius 1 is 1.14 bits per heavy atom. The van der Waals surface area contributed by atoms with Crippen molar-refractivity contribution in [1.82, 2.24) is 0 Å². The molecule has 2 aromatic rings. The highest BCUT2D eigenvalue weighted by atomic mass is 16.6. The van der Waals surface area contributed by atoms with Gasteiger partial charge in [0.25, 0.3) is 5.91 Å². The van der Waals surface area contributed by atoms with E-state index in [-0.39, 0.29) is 12.5 Å².